The first-order valence-corrected chi connectivity index (χ1v) is 4.54. The van der Waals surface area contributed by atoms with Crippen molar-refractivity contribution in [1.82, 2.24) is 0 Å². The van der Waals surface area contributed by atoms with E-state index in [1.807, 2.05) is 13.0 Å². The number of aromatic carboxylic acids is 1. The van der Waals surface area contributed by atoms with Crippen molar-refractivity contribution in [2.45, 2.75) is 20.0 Å². The average molecular weight is 205 g/mol. The van der Waals surface area contributed by atoms with Crippen LogP contribution in [0.3, 0.4) is 0 Å². The quantitative estimate of drug-likeness (QED) is 0.779. The second kappa shape index (κ2) is 4.58. The van der Waals surface area contributed by atoms with Crippen molar-refractivity contribution < 1.29 is 15.0 Å². The molecule has 1 aromatic rings. The van der Waals surface area contributed by atoms with E-state index in [9.17, 15) is 4.79 Å². The van der Waals surface area contributed by atoms with Gasteiger partial charge in [0.25, 0.3) is 0 Å². The van der Waals surface area contributed by atoms with E-state index < -0.39 is 5.97 Å². The van der Waals surface area contributed by atoms with Gasteiger partial charge in [-0.15, -0.1) is 0 Å². The minimum Gasteiger partial charge on any atom is -0.478 e. The largest absolute Gasteiger partial charge is 0.478 e. The predicted octanol–water partition coefficient (Wildman–Crippen LogP) is 1.31. The summed E-state index contributed by atoms with van der Waals surface area (Å²) in [6, 6.07) is 4.78. The molecule has 0 bridgehead atoms. The number of rotatable bonds is 3. The highest BCUT2D eigenvalue weighted by atomic mass is 16.4. The van der Waals surface area contributed by atoms with Crippen LogP contribution in [0.4, 0.5) is 0 Å². The molecule has 0 heterocycles. The molecular weight excluding hydrogens is 194 g/mol. The third-order valence-corrected chi connectivity index (χ3v) is 2.28. The van der Waals surface area contributed by atoms with Crippen molar-refractivity contribution in [3.8, 4) is 6.07 Å². The van der Waals surface area contributed by atoms with E-state index in [4.69, 9.17) is 15.5 Å². The number of aliphatic hydroxyl groups is 1. The number of carboxylic acids is 1. The van der Waals surface area contributed by atoms with Crippen LogP contribution in [0.5, 0.6) is 0 Å². The minimum absolute atomic E-state index is 0.00782. The molecule has 0 saturated heterocycles. The Balaban J connectivity index is 3.50. The Hall–Kier alpha value is -1.86. The van der Waals surface area contributed by atoms with Crippen LogP contribution in [0.1, 0.15) is 34.0 Å². The first kappa shape index (κ1) is 11.2. The van der Waals surface area contributed by atoms with Crippen LogP contribution in [0.15, 0.2) is 12.1 Å². The molecule has 0 saturated carbocycles. The zero-order chi connectivity index (χ0) is 11.4. The fourth-order valence-corrected chi connectivity index (χ4v) is 1.55. The van der Waals surface area contributed by atoms with Crippen LogP contribution in [-0.4, -0.2) is 16.2 Å². The fraction of sp³-hybridized carbons (Fsp3) is 0.273. The van der Waals surface area contributed by atoms with Crippen molar-refractivity contribution in [2.24, 2.45) is 0 Å². The predicted molar refractivity (Wildman–Crippen MR) is 53.4 cm³/mol. The summed E-state index contributed by atoms with van der Waals surface area (Å²) in [6.07, 6.45) is 0.528. The molecule has 0 radical (unpaired) electrons. The number of carbonyl (C=O) groups is 1. The van der Waals surface area contributed by atoms with Crippen molar-refractivity contribution in [1.29, 1.82) is 5.26 Å². The van der Waals surface area contributed by atoms with Gasteiger partial charge in [-0.25, -0.2) is 4.79 Å². The highest BCUT2D eigenvalue weighted by molar-refractivity contribution is 5.91. The van der Waals surface area contributed by atoms with Crippen LogP contribution in [0.25, 0.3) is 0 Å². The molecule has 0 aromatic heterocycles. The molecular formula is C11H11NO3. The first-order valence-electron chi connectivity index (χ1n) is 4.54. The lowest BCUT2D eigenvalue weighted by Gasteiger charge is -2.09. The maximum Gasteiger partial charge on any atom is 0.337 e. The summed E-state index contributed by atoms with van der Waals surface area (Å²) < 4.78 is 0. The van der Waals surface area contributed by atoms with E-state index in [1.54, 1.807) is 6.07 Å². The van der Waals surface area contributed by atoms with Gasteiger partial charge < -0.3 is 10.2 Å². The molecule has 4 nitrogen and oxygen atoms in total. The lowest BCUT2D eigenvalue weighted by molar-refractivity contribution is 0.0696. The fourth-order valence-electron chi connectivity index (χ4n) is 1.55. The van der Waals surface area contributed by atoms with E-state index in [0.29, 0.717) is 17.5 Å². The third-order valence-electron chi connectivity index (χ3n) is 2.28. The summed E-state index contributed by atoms with van der Waals surface area (Å²) in [5.41, 5.74) is 1.36. The molecule has 0 spiro atoms. The van der Waals surface area contributed by atoms with Crippen LogP contribution in [0.2, 0.25) is 0 Å². The van der Waals surface area contributed by atoms with Gasteiger partial charge in [-0.3, -0.25) is 0 Å². The second-order valence-corrected chi connectivity index (χ2v) is 3.05. The Morgan fingerprint density at radius 3 is 2.60 bits per heavy atom. The zero-order valence-electron chi connectivity index (χ0n) is 8.32. The second-order valence-electron chi connectivity index (χ2n) is 3.05. The molecule has 4 heteroatoms. The van der Waals surface area contributed by atoms with Crippen LogP contribution in [-0.2, 0) is 13.0 Å². The van der Waals surface area contributed by atoms with Crippen LogP contribution >= 0.6 is 0 Å². The molecule has 0 amide bonds. The van der Waals surface area contributed by atoms with Gasteiger partial charge >= 0.3 is 5.97 Å². The van der Waals surface area contributed by atoms with E-state index in [2.05, 4.69) is 0 Å². The highest BCUT2D eigenvalue weighted by Crippen LogP contribution is 2.19. The molecule has 1 aromatic carbocycles. The summed E-state index contributed by atoms with van der Waals surface area (Å²) in [6.45, 7) is 1.64. The molecule has 0 fully saturated rings. The van der Waals surface area contributed by atoms with E-state index in [0.717, 1.165) is 0 Å². The van der Waals surface area contributed by atoms with Crippen LogP contribution < -0.4 is 0 Å². The van der Waals surface area contributed by atoms with Crippen molar-refractivity contribution in [2.75, 3.05) is 0 Å². The van der Waals surface area contributed by atoms with Gasteiger partial charge in [0.1, 0.15) is 6.07 Å². The summed E-state index contributed by atoms with van der Waals surface area (Å²) >= 11 is 0. The molecule has 2 N–H and O–H groups in total. The van der Waals surface area contributed by atoms with Crippen molar-refractivity contribution in [3.05, 3.63) is 34.4 Å². The van der Waals surface area contributed by atoms with E-state index in [-0.39, 0.29) is 17.7 Å². The normalized spacial score (nSPS) is 9.67. The SMILES string of the molecule is CCc1c(CO)ccc(C(=O)O)c1C#N. The Kier molecular flexibility index (Phi) is 3.42. The lowest BCUT2D eigenvalue weighted by Crippen LogP contribution is -2.06. The molecule has 15 heavy (non-hydrogen) atoms. The molecule has 0 aliphatic rings. The number of benzene rings is 1. The Morgan fingerprint density at radius 2 is 2.20 bits per heavy atom. The highest BCUT2D eigenvalue weighted by Gasteiger charge is 2.15. The summed E-state index contributed by atoms with van der Waals surface area (Å²) in [5.74, 6) is -1.12. The van der Waals surface area contributed by atoms with Gasteiger partial charge in [0, 0.05) is 0 Å². The molecule has 78 valence electrons. The number of carboxylic acid groups (broad SMARTS) is 1. The summed E-state index contributed by atoms with van der Waals surface area (Å²) in [7, 11) is 0. The summed E-state index contributed by atoms with van der Waals surface area (Å²) in [5, 5.41) is 26.8. The number of hydrogen-bond acceptors (Lipinski definition) is 3. The first-order chi connectivity index (χ1) is 7.15. The van der Waals surface area contributed by atoms with Gasteiger partial charge in [-0.1, -0.05) is 13.0 Å². The maximum atomic E-state index is 10.8. The average Bonchev–Trinajstić information content (AvgIpc) is 2.26. The van der Waals surface area contributed by atoms with Crippen LogP contribution in [0, 0.1) is 11.3 Å². The summed E-state index contributed by atoms with van der Waals surface area (Å²) in [4.78, 5) is 10.8. The standard InChI is InChI=1S/C11H11NO3/c1-2-8-7(6-13)3-4-9(11(14)15)10(8)5-12/h3-4,13H,2,6H2,1H3,(H,14,15). The van der Waals surface area contributed by atoms with Crippen molar-refractivity contribution in [3.63, 3.8) is 0 Å². The molecule has 0 aliphatic heterocycles. The van der Waals surface area contributed by atoms with Gasteiger partial charge in [-0.05, 0) is 23.6 Å². The molecule has 0 atom stereocenters. The topological polar surface area (TPSA) is 81.3 Å². The van der Waals surface area contributed by atoms with E-state index >= 15 is 0 Å². The smallest absolute Gasteiger partial charge is 0.337 e. The number of hydrogen-bond donors (Lipinski definition) is 2. The van der Waals surface area contributed by atoms with Gasteiger partial charge in [0.05, 0.1) is 17.7 Å². The van der Waals surface area contributed by atoms with E-state index in [1.165, 1.54) is 6.07 Å². The van der Waals surface area contributed by atoms with Gasteiger partial charge in [-0.2, -0.15) is 5.26 Å². The number of aliphatic hydroxyl groups excluding tert-OH is 1. The Labute approximate surface area is 87.4 Å². The van der Waals surface area contributed by atoms with Crippen molar-refractivity contribution >= 4 is 5.97 Å². The molecule has 1 rings (SSSR count). The lowest BCUT2D eigenvalue weighted by atomic mass is 9.95. The third kappa shape index (κ3) is 1.97. The minimum atomic E-state index is -1.12. The number of nitriles is 1. The zero-order valence-corrected chi connectivity index (χ0v) is 8.32. The Morgan fingerprint density at radius 1 is 1.53 bits per heavy atom. The van der Waals surface area contributed by atoms with Gasteiger partial charge in [0.2, 0.25) is 0 Å². The number of nitrogens with zero attached hydrogens (tertiary/aromatic N) is 1. The van der Waals surface area contributed by atoms with Gasteiger partial charge in [0.15, 0.2) is 0 Å². The molecule has 0 unspecified atom stereocenters. The molecule has 0 aliphatic carbocycles. The maximum absolute atomic E-state index is 10.8. The Bertz CT molecular complexity index is 432. The monoisotopic (exact) mass is 205 g/mol.